The topological polar surface area (TPSA) is 46.5 Å². The van der Waals surface area contributed by atoms with Gasteiger partial charge in [-0.2, -0.15) is 0 Å². The largest absolute Gasteiger partial charge is 0.480 e. The fourth-order valence-electron chi connectivity index (χ4n) is 1.55. The van der Waals surface area contributed by atoms with Gasteiger partial charge in [-0.15, -0.1) is 11.8 Å². The van der Waals surface area contributed by atoms with E-state index in [-0.39, 0.29) is 0 Å². The van der Waals surface area contributed by atoms with Crippen LogP contribution in [0, 0.1) is 0 Å². The van der Waals surface area contributed by atoms with E-state index >= 15 is 0 Å². The summed E-state index contributed by atoms with van der Waals surface area (Å²) in [5, 5.41) is 9.66. The summed E-state index contributed by atoms with van der Waals surface area (Å²) in [4.78, 5) is 11.3. The Kier molecular flexibility index (Phi) is 4.26. The van der Waals surface area contributed by atoms with E-state index in [1.807, 2.05) is 0 Å². The SMILES string of the molecule is CCC(C)SC1(C(=O)O)CCOCC1. The highest BCUT2D eigenvalue weighted by molar-refractivity contribution is 8.02. The molecule has 0 spiro atoms. The van der Waals surface area contributed by atoms with Gasteiger partial charge >= 0.3 is 5.97 Å². The third-order valence-corrected chi connectivity index (χ3v) is 4.46. The monoisotopic (exact) mass is 218 g/mol. The second kappa shape index (κ2) is 5.03. The van der Waals surface area contributed by atoms with E-state index in [4.69, 9.17) is 4.74 Å². The zero-order valence-corrected chi connectivity index (χ0v) is 9.60. The van der Waals surface area contributed by atoms with Gasteiger partial charge in [0, 0.05) is 18.5 Å². The van der Waals surface area contributed by atoms with E-state index in [1.54, 1.807) is 11.8 Å². The quantitative estimate of drug-likeness (QED) is 0.785. The highest BCUT2D eigenvalue weighted by Gasteiger charge is 2.41. The molecule has 1 fully saturated rings. The van der Waals surface area contributed by atoms with E-state index in [1.165, 1.54) is 0 Å². The number of carboxylic acid groups (broad SMARTS) is 1. The molecule has 0 saturated carbocycles. The molecule has 1 rings (SSSR count). The number of thioether (sulfide) groups is 1. The second-order valence-electron chi connectivity index (χ2n) is 3.75. The standard InChI is InChI=1S/C10H18O3S/c1-3-8(2)14-10(9(11)12)4-6-13-7-5-10/h8H,3-7H2,1-2H3,(H,11,12). The summed E-state index contributed by atoms with van der Waals surface area (Å²) in [7, 11) is 0. The molecule has 1 unspecified atom stereocenters. The molecule has 14 heavy (non-hydrogen) atoms. The van der Waals surface area contributed by atoms with Gasteiger partial charge in [-0.1, -0.05) is 13.8 Å². The highest BCUT2D eigenvalue weighted by Crippen LogP contribution is 2.39. The molecular formula is C10H18O3S. The first-order valence-electron chi connectivity index (χ1n) is 5.09. The van der Waals surface area contributed by atoms with Crippen LogP contribution in [-0.4, -0.2) is 34.3 Å². The Labute approximate surface area is 89.2 Å². The fraction of sp³-hybridized carbons (Fsp3) is 0.900. The lowest BCUT2D eigenvalue weighted by molar-refractivity contribution is -0.142. The number of carbonyl (C=O) groups is 1. The van der Waals surface area contributed by atoms with Crippen molar-refractivity contribution in [2.45, 2.75) is 43.1 Å². The molecule has 3 nitrogen and oxygen atoms in total. The van der Waals surface area contributed by atoms with Gasteiger partial charge in [0.25, 0.3) is 0 Å². The van der Waals surface area contributed by atoms with Crippen molar-refractivity contribution in [3.63, 3.8) is 0 Å². The van der Waals surface area contributed by atoms with Gasteiger partial charge in [0.1, 0.15) is 4.75 Å². The Morgan fingerprint density at radius 3 is 2.57 bits per heavy atom. The molecule has 1 N–H and O–H groups in total. The second-order valence-corrected chi connectivity index (χ2v) is 5.57. The van der Waals surface area contributed by atoms with E-state index in [9.17, 15) is 9.90 Å². The molecule has 0 aliphatic carbocycles. The summed E-state index contributed by atoms with van der Waals surface area (Å²) < 4.78 is 4.62. The first kappa shape index (κ1) is 11.9. The third kappa shape index (κ3) is 2.64. The molecule has 0 bridgehead atoms. The molecule has 0 amide bonds. The van der Waals surface area contributed by atoms with Crippen LogP contribution in [-0.2, 0) is 9.53 Å². The molecule has 4 heteroatoms. The predicted octanol–water partition coefficient (Wildman–Crippen LogP) is 2.15. The minimum absolute atomic E-state index is 0.407. The maximum absolute atomic E-state index is 11.3. The van der Waals surface area contributed by atoms with Crippen molar-refractivity contribution >= 4 is 17.7 Å². The highest BCUT2D eigenvalue weighted by atomic mass is 32.2. The van der Waals surface area contributed by atoms with Gasteiger partial charge in [0.05, 0.1) is 0 Å². The lowest BCUT2D eigenvalue weighted by Gasteiger charge is -2.34. The Morgan fingerprint density at radius 2 is 2.14 bits per heavy atom. The predicted molar refractivity (Wildman–Crippen MR) is 57.8 cm³/mol. The average Bonchev–Trinajstić information content (AvgIpc) is 2.19. The van der Waals surface area contributed by atoms with Gasteiger partial charge in [-0.25, -0.2) is 0 Å². The summed E-state index contributed by atoms with van der Waals surface area (Å²) in [5.74, 6) is -0.675. The third-order valence-electron chi connectivity index (χ3n) is 2.69. The fourth-order valence-corrected chi connectivity index (χ4v) is 2.99. The van der Waals surface area contributed by atoms with Crippen LogP contribution in [0.15, 0.2) is 0 Å². The van der Waals surface area contributed by atoms with Gasteiger partial charge in [-0.05, 0) is 19.3 Å². The summed E-state index contributed by atoms with van der Waals surface area (Å²) in [6, 6.07) is 0. The van der Waals surface area contributed by atoms with Crippen molar-refractivity contribution in [2.24, 2.45) is 0 Å². The van der Waals surface area contributed by atoms with E-state index in [0.29, 0.717) is 31.3 Å². The lowest BCUT2D eigenvalue weighted by Crippen LogP contribution is -2.42. The van der Waals surface area contributed by atoms with Crippen LogP contribution >= 0.6 is 11.8 Å². The molecule has 1 heterocycles. The smallest absolute Gasteiger partial charge is 0.319 e. The van der Waals surface area contributed by atoms with E-state index < -0.39 is 10.7 Å². The molecule has 0 aromatic carbocycles. The molecule has 0 aromatic heterocycles. The number of ether oxygens (including phenoxy) is 1. The summed E-state index contributed by atoms with van der Waals surface area (Å²) in [6.45, 7) is 5.34. The summed E-state index contributed by atoms with van der Waals surface area (Å²) >= 11 is 1.60. The van der Waals surface area contributed by atoms with Gasteiger partial charge in [0.15, 0.2) is 0 Å². The molecule has 0 radical (unpaired) electrons. The van der Waals surface area contributed by atoms with E-state index in [0.717, 1.165) is 6.42 Å². The average molecular weight is 218 g/mol. The Balaban J connectivity index is 2.65. The van der Waals surface area contributed by atoms with Crippen molar-refractivity contribution in [2.75, 3.05) is 13.2 Å². The Bertz CT molecular complexity index is 200. The maximum Gasteiger partial charge on any atom is 0.319 e. The molecule has 0 aromatic rings. The van der Waals surface area contributed by atoms with Crippen molar-refractivity contribution in [1.82, 2.24) is 0 Å². The first-order chi connectivity index (χ1) is 6.60. The van der Waals surface area contributed by atoms with Crippen LogP contribution in [0.25, 0.3) is 0 Å². The first-order valence-corrected chi connectivity index (χ1v) is 5.97. The maximum atomic E-state index is 11.3. The molecule has 1 saturated heterocycles. The van der Waals surface area contributed by atoms with Gasteiger partial charge in [-0.3, -0.25) is 4.79 Å². The van der Waals surface area contributed by atoms with Crippen LogP contribution < -0.4 is 0 Å². The van der Waals surface area contributed by atoms with E-state index in [2.05, 4.69) is 13.8 Å². The molecule has 1 atom stereocenters. The number of rotatable bonds is 4. The van der Waals surface area contributed by atoms with Crippen molar-refractivity contribution in [1.29, 1.82) is 0 Å². The Hall–Kier alpha value is -0.220. The minimum atomic E-state index is -0.675. The molecule has 1 aliphatic heterocycles. The van der Waals surface area contributed by atoms with Crippen LogP contribution in [0.4, 0.5) is 0 Å². The zero-order chi connectivity index (χ0) is 10.6. The van der Waals surface area contributed by atoms with Crippen LogP contribution in [0.1, 0.15) is 33.1 Å². The van der Waals surface area contributed by atoms with Crippen molar-refractivity contribution in [3.05, 3.63) is 0 Å². The minimum Gasteiger partial charge on any atom is -0.480 e. The van der Waals surface area contributed by atoms with Gasteiger partial charge < -0.3 is 9.84 Å². The molecule has 1 aliphatic rings. The van der Waals surface area contributed by atoms with Crippen LogP contribution in [0.2, 0.25) is 0 Å². The summed E-state index contributed by atoms with van der Waals surface area (Å²) in [5.41, 5.74) is 0. The van der Waals surface area contributed by atoms with Crippen molar-refractivity contribution in [3.8, 4) is 0 Å². The lowest BCUT2D eigenvalue weighted by atomic mass is 9.99. The number of hydrogen-bond acceptors (Lipinski definition) is 3. The Morgan fingerprint density at radius 1 is 1.57 bits per heavy atom. The summed E-state index contributed by atoms with van der Waals surface area (Å²) in [6.07, 6.45) is 2.29. The van der Waals surface area contributed by atoms with Crippen molar-refractivity contribution < 1.29 is 14.6 Å². The van der Waals surface area contributed by atoms with Crippen LogP contribution in [0.3, 0.4) is 0 Å². The molecular weight excluding hydrogens is 200 g/mol. The van der Waals surface area contributed by atoms with Crippen LogP contribution in [0.5, 0.6) is 0 Å². The molecule has 82 valence electrons. The number of hydrogen-bond donors (Lipinski definition) is 1. The number of carboxylic acids is 1. The normalized spacial score (nSPS) is 23.0. The van der Waals surface area contributed by atoms with Gasteiger partial charge in [0.2, 0.25) is 0 Å². The zero-order valence-electron chi connectivity index (χ0n) is 8.78. The number of aliphatic carboxylic acids is 1.